The van der Waals surface area contributed by atoms with E-state index in [1.807, 2.05) is 0 Å². The molecule has 0 heterocycles. The number of hydrogen-bond donors (Lipinski definition) is 2. The van der Waals surface area contributed by atoms with Gasteiger partial charge >= 0.3 is 0 Å². The zero-order valence-electron chi connectivity index (χ0n) is 5.34. The zero-order chi connectivity index (χ0) is 8.15. The summed E-state index contributed by atoms with van der Waals surface area (Å²) in [5.74, 6) is -0.552. The molecular weight excluding hydrogens is 156 g/mol. The molecule has 0 aliphatic carbocycles. The normalized spacial score (nSPS) is 11.8. The number of amides is 1. The van der Waals surface area contributed by atoms with E-state index < -0.39 is 17.2 Å². The summed E-state index contributed by atoms with van der Waals surface area (Å²) in [6, 6.07) is 0. The number of nitrogens with one attached hydrogen (secondary N) is 2. The summed E-state index contributed by atoms with van der Waals surface area (Å²) in [7, 11) is 1.38. The van der Waals surface area contributed by atoms with Crippen molar-refractivity contribution < 1.29 is 13.6 Å². The molecule has 0 bridgehead atoms. The molecule has 1 unspecified atom stereocenters. The van der Waals surface area contributed by atoms with Crippen molar-refractivity contribution >= 4 is 17.2 Å². The molecule has 0 aromatic rings. The average Bonchev–Trinajstić information content (AvgIpc) is 1.85. The second-order valence-electron chi connectivity index (χ2n) is 1.39. The van der Waals surface area contributed by atoms with Crippen LogP contribution in [0.25, 0.3) is 0 Å². The second-order valence-corrected chi connectivity index (χ2v) is 2.07. The van der Waals surface area contributed by atoms with Gasteiger partial charge in [-0.15, -0.1) is 0 Å². The van der Waals surface area contributed by atoms with Crippen LogP contribution in [0.15, 0.2) is 12.3 Å². The molecule has 6 heteroatoms. The molecule has 1 atom stereocenters. The Bertz CT molecular complexity index is 179. The van der Waals surface area contributed by atoms with Crippen molar-refractivity contribution in [1.82, 2.24) is 10.0 Å². The molecule has 0 spiro atoms. The molecule has 0 aromatic heterocycles. The van der Waals surface area contributed by atoms with E-state index in [1.165, 1.54) is 7.05 Å². The quantitative estimate of drug-likeness (QED) is 0.398. The fourth-order valence-corrected chi connectivity index (χ4v) is 0.592. The molecule has 0 aromatic carbocycles. The zero-order valence-corrected chi connectivity index (χ0v) is 6.16. The maximum Gasteiger partial charge on any atom is 0.267 e. The van der Waals surface area contributed by atoms with Gasteiger partial charge in [0.2, 0.25) is 0 Å². The monoisotopic (exact) mass is 163 g/mol. The van der Waals surface area contributed by atoms with Crippen molar-refractivity contribution in [2.24, 2.45) is 0 Å². The smallest absolute Gasteiger partial charge is 0.267 e. The van der Waals surface area contributed by atoms with Crippen LogP contribution < -0.4 is 10.0 Å². The van der Waals surface area contributed by atoms with Gasteiger partial charge in [-0.05, 0) is 0 Å². The second kappa shape index (κ2) is 4.02. The van der Waals surface area contributed by atoms with Crippen LogP contribution in [-0.2, 0) is 16.1 Å². The predicted molar refractivity (Wildman–Crippen MR) is 35.3 cm³/mol. The molecule has 0 rings (SSSR count). The molecule has 1 amide bonds. The number of carbonyl (C=O) groups is 1. The van der Waals surface area contributed by atoms with Gasteiger partial charge in [-0.25, -0.2) is 0 Å². The van der Waals surface area contributed by atoms with Crippen molar-refractivity contribution in [3.05, 3.63) is 12.3 Å². The highest BCUT2D eigenvalue weighted by atomic mass is 32.2. The van der Waals surface area contributed by atoms with Crippen LogP contribution in [0.1, 0.15) is 0 Å². The van der Waals surface area contributed by atoms with Crippen molar-refractivity contribution in [2.45, 2.75) is 0 Å². The summed E-state index contributed by atoms with van der Waals surface area (Å²) < 4.78 is 21.6. The number of rotatable bonds is 3. The molecule has 5 nitrogen and oxygen atoms in total. The molecule has 0 aliphatic rings. The Hall–Kier alpha value is -0.880. The topological polar surface area (TPSA) is 81.3 Å². The minimum atomic E-state index is -2.48. The van der Waals surface area contributed by atoms with E-state index in [9.17, 15) is 13.6 Å². The van der Waals surface area contributed by atoms with E-state index in [1.54, 1.807) is 4.72 Å². The molecule has 58 valence electrons. The largest absolute Gasteiger partial charge is 0.755 e. The van der Waals surface area contributed by atoms with E-state index in [-0.39, 0.29) is 5.70 Å². The van der Waals surface area contributed by atoms with Gasteiger partial charge in [-0.2, -0.15) is 0 Å². The lowest BCUT2D eigenvalue weighted by Crippen LogP contribution is -2.29. The van der Waals surface area contributed by atoms with Crippen molar-refractivity contribution in [2.75, 3.05) is 7.05 Å². The Labute approximate surface area is 60.9 Å². The first-order valence-electron chi connectivity index (χ1n) is 2.35. The maximum absolute atomic E-state index is 10.5. The van der Waals surface area contributed by atoms with Crippen LogP contribution >= 0.6 is 0 Å². The average molecular weight is 163 g/mol. The fourth-order valence-electron chi connectivity index (χ4n) is 0.298. The summed E-state index contributed by atoms with van der Waals surface area (Å²) in [6.45, 7) is 3.15. The Morgan fingerprint density at radius 2 is 2.20 bits per heavy atom. The molecule has 10 heavy (non-hydrogen) atoms. The SMILES string of the molecule is C=C(NS(=O)[O-])C(=O)NC. The first-order valence-corrected chi connectivity index (χ1v) is 3.42. The molecule has 0 fully saturated rings. The van der Waals surface area contributed by atoms with Crippen LogP contribution in [0.2, 0.25) is 0 Å². The van der Waals surface area contributed by atoms with Crippen LogP contribution in [0.4, 0.5) is 0 Å². The summed E-state index contributed by atoms with van der Waals surface area (Å²) >= 11 is -2.48. The molecule has 0 aliphatic heterocycles. The number of carbonyl (C=O) groups excluding carboxylic acids is 1. The van der Waals surface area contributed by atoms with Crippen molar-refractivity contribution in [3.63, 3.8) is 0 Å². The predicted octanol–water partition coefficient (Wildman–Crippen LogP) is -1.37. The van der Waals surface area contributed by atoms with Gasteiger partial charge in [-0.1, -0.05) is 6.58 Å². The summed E-state index contributed by atoms with van der Waals surface area (Å²) in [4.78, 5) is 10.5. The van der Waals surface area contributed by atoms with Crippen LogP contribution in [0.3, 0.4) is 0 Å². The maximum atomic E-state index is 10.5. The van der Waals surface area contributed by atoms with Crippen molar-refractivity contribution in [3.8, 4) is 0 Å². The van der Waals surface area contributed by atoms with Gasteiger partial charge < -0.3 is 14.6 Å². The van der Waals surface area contributed by atoms with E-state index in [0.717, 1.165) is 0 Å². The standard InChI is InChI=1S/C4H8N2O3S/c1-3(4(7)5-2)6-10(8)9/h6H,1H2,2H3,(H,5,7)(H,8,9)/p-1. The third-order valence-electron chi connectivity index (χ3n) is 0.708. The lowest BCUT2D eigenvalue weighted by Gasteiger charge is -2.08. The lowest BCUT2D eigenvalue weighted by molar-refractivity contribution is -0.117. The molecule has 0 saturated carbocycles. The highest BCUT2D eigenvalue weighted by molar-refractivity contribution is 7.77. The molecule has 0 saturated heterocycles. The third kappa shape index (κ3) is 3.21. The summed E-state index contributed by atoms with van der Waals surface area (Å²) in [6.07, 6.45) is 0. The van der Waals surface area contributed by atoms with Crippen LogP contribution in [-0.4, -0.2) is 21.7 Å². The van der Waals surface area contributed by atoms with Crippen LogP contribution in [0.5, 0.6) is 0 Å². The van der Waals surface area contributed by atoms with E-state index >= 15 is 0 Å². The van der Waals surface area contributed by atoms with Crippen molar-refractivity contribution in [1.29, 1.82) is 0 Å². The third-order valence-corrected chi connectivity index (χ3v) is 1.12. The Kier molecular flexibility index (Phi) is 3.67. The summed E-state index contributed by atoms with van der Waals surface area (Å²) in [5, 5.41) is 2.20. The molecule has 0 radical (unpaired) electrons. The van der Waals surface area contributed by atoms with E-state index in [2.05, 4.69) is 11.9 Å². The lowest BCUT2D eigenvalue weighted by atomic mass is 10.5. The minimum absolute atomic E-state index is 0.198. The Morgan fingerprint density at radius 3 is 2.50 bits per heavy atom. The van der Waals surface area contributed by atoms with Gasteiger partial charge in [0, 0.05) is 18.3 Å². The van der Waals surface area contributed by atoms with E-state index in [0.29, 0.717) is 0 Å². The van der Waals surface area contributed by atoms with Gasteiger partial charge in [0.1, 0.15) is 5.70 Å². The number of likely N-dealkylation sites (N-methyl/N-ethyl adjacent to an activating group) is 1. The minimum Gasteiger partial charge on any atom is -0.755 e. The Morgan fingerprint density at radius 1 is 1.70 bits per heavy atom. The number of hydrogen-bond acceptors (Lipinski definition) is 3. The van der Waals surface area contributed by atoms with Gasteiger partial charge in [0.25, 0.3) is 5.91 Å². The van der Waals surface area contributed by atoms with Crippen LogP contribution in [0, 0.1) is 0 Å². The highest BCUT2D eigenvalue weighted by Gasteiger charge is 2.01. The summed E-state index contributed by atoms with van der Waals surface area (Å²) in [5.41, 5.74) is -0.198. The van der Waals surface area contributed by atoms with Gasteiger partial charge in [0.15, 0.2) is 0 Å². The van der Waals surface area contributed by atoms with Gasteiger partial charge in [-0.3, -0.25) is 9.00 Å². The highest BCUT2D eigenvalue weighted by Crippen LogP contribution is 1.82. The molecule has 2 N–H and O–H groups in total. The fraction of sp³-hybridized carbons (Fsp3) is 0.250. The first kappa shape index (κ1) is 9.12. The molecular formula is C4H7N2O3S-. The first-order chi connectivity index (χ1) is 4.57. The Balaban J connectivity index is 3.86. The van der Waals surface area contributed by atoms with Gasteiger partial charge in [0.05, 0.1) is 0 Å². The van der Waals surface area contributed by atoms with E-state index in [4.69, 9.17) is 0 Å².